The molecule has 1 amide bonds. The molecule has 0 saturated carbocycles. The zero-order valence-corrected chi connectivity index (χ0v) is 20.3. The van der Waals surface area contributed by atoms with Crippen LogP contribution in [0.15, 0.2) is 38.8 Å². The molecule has 1 saturated heterocycles. The predicted octanol–water partition coefficient (Wildman–Crippen LogP) is 0.983. The van der Waals surface area contributed by atoms with Crippen molar-refractivity contribution in [1.82, 2.24) is 18.7 Å². The van der Waals surface area contributed by atoms with E-state index in [-0.39, 0.29) is 24.9 Å². The van der Waals surface area contributed by atoms with E-state index >= 15 is 0 Å². The minimum atomic E-state index is -0.494. The lowest BCUT2D eigenvalue weighted by Gasteiger charge is -2.31. The van der Waals surface area contributed by atoms with Gasteiger partial charge in [0.25, 0.3) is 5.56 Å². The Balaban J connectivity index is 1.63. The third kappa shape index (κ3) is 3.85. The number of fused-ring (bicyclic) bond motifs is 2. The number of hydrogen-bond acceptors (Lipinski definition) is 7. The molecule has 2 N–H and O–H groups in total. The van der Waals surface area contributed by atoms with Gasteiger partial charge in [0.2, 0.25) is 11.9 Å². The standard InChI is InChI=1S/C24H30N8O3/c1-4-31-20-21(27-23(31)30-11-7-8-15(25)13-30)29(3)24(35)32(22(20)34)14-16-12-19(33)28(2)18-10-6-5-9-17(18)26-16/h5-6,9-10,15H,4,7-8,11-14,25H2,1-3H3. The molecule has 1 fully saturated rings. The summed E-state index contributed by atoms with van der Waals surface area (Å²) >= 11 is 0. The molecule has 0 aliphatic carbocycles. The van der Waals surface area contributed by atoms with Gasteiger partial charge in [-0.05, 0) is 31.9 Å². The summed E-state index contributed by atoms with van der Waals surface area (Å²) in [6, 6.07) is 7.37. The van der Waals surface area contributed by atoms with Gasteiger partial charge in [-0.3, -0.25) is 23.7 Å². The van der Waals surface area contributed by atoms with Crippen LogP contribution in [-0.2, 0) is 24.9 Å². The first-order valence-electron chi connectivity index (χ1n) is 11.9. The zero-order valence-electron chi connectivity index (χ0n) is 20.3. The van der Waals surface area contributed by atoms with Crippen LogP contribution in [-0.4, -0.2) is 56.5 Å². The number of benzene rings is 1. The second-order valence-electron chi connectivity index (χ2n) is 9.21. The second-order valence-corrected chi connectivity index (χ2v) is 9.21. The van der Waals surface area contributed by atoms with Crippen LogP contribution in [0.1, 0.15) is 26.2 Å². The smallest absolute Gasteiger partial charge is 0.332 e. The number of aryl methyl sites for hydroxylation is 2. The normalized spacial score (nSPS) is 18.6. The third-order valence-corrected chi connectivity index (χ3v) is 6.86. The van der Waals surface area contributed by atoms with E-state index < -0.39 is 11.2 Å². The van der Waals surface area contributed by atoms with E-state index in [9.17, 15) is 14.4 Å². The Hall–Kier alpha value is -3.73. The molecule has 11 heteroatoms. The number of anilines is 2. The molecule has 2 aromatic heterocycles. The topological polar surface area (TPSA) is 124 Å². The average Bonchev–Trinajstić information content (AvgIpc) is 3.20. The van der Waals surface area contributed by atoms with Crippen molar-refractivity contribution in [2.45, 2.75) is 45.3 Å². The largest absolute Gasteiger partial charge is 0.341 e. The number of imidazole rings is 1. The maximum Gasteiger partial charge on any atom is 0.332 e. The fourth-order valence-corrected chi connectivity index (χ4v) is 4.99. The van der Waals surface area contributed by atoms with Gasteiger partial charge in [-0.1, -0.05) is 12.1 Å². The molecule has 35 heavy (non-hydrogen) atoms. The number of nitrogens with two attached hydrogens (primary N) is 1. The van der Waals surface area contributed by atoms with Gasteiger partial charge in [-0.25, -0.2) is 4.79 Å². The quantitative estimate of drug-likeness (QED) is 0.596. The van der Waals surface area contributed by atoms with E-state index in [0.717, 1.165) is 24.0 Å². The molecule has 1 unspecified atom stereocenters. The van der Waals surface area contributed by atoms with Crippen LogP contribution in [0, 0.1) is 0 Å². The minimum absolute atomic E-state index is 0.0166. The molecular weight excluding hydrogens is 448 g/mol. The molecule has 0 spiro atoms. The molecule has 0 radical (unpaired) electrons. The van der Waals surface area contributed by atoms with Gasteiger partial charge in [0.15, 0.2) is 11.2 Å². The number of carbonyl (C=O) groups excluding carboxylic acids is 1. The molecule has 2 aliphatic rings. The second kappa shape index (κ2) is 8.81. The van der Waals surface area contributed by atoms with Crippen LogP contribution >= 0.6 is 0 Å². The van der Waals surface area contributed by atoms with Crippen molar-refractivity contribution in [3.63, 3.8) is 0 Å². The number of aromatic nitrogens is 4. The van der Waals surface area contributed by atoms with Gasteiger partial charge in [-0.2, -0.15) is 4.98 Å². The summed E-state index contributed by atoms with van der Waals surface area (Å²) < 4.78 is 4.41. The molecule has 1 aromatic carbocycles. The van der Waals surface area contributed by atoms with Gasteiger partial charge in [0.05, 0.1) is 24.3 Å². The lowest BCUT2D eigenvalue weighted by Crippen LogP contribution is -2.44. The highest BCUT2D eigenvalue weighted by Gasteiger charge is 2.27. The number of amides is 1. The number of rotatable bonds is 4. The lowest BCUT2D eigenvalue weighted by molar-refractivity contribution is -0.117. The molecular formula is C24H30N8O3. The number of para-hydroxylation sites is 2. The van der Waals surface area contributed by atoms with Crippen molar-refractivity contribution in [2.75, 3.05) is 29.9 Å². The van der Waals surface area contributed by atoms with Crippen LogP contribution in [0.3, 0.4) is 0 Å². The van der Waals surface area contributed by atoms with Crippen LogP contribution in [0.2, 0.25) is 0 Å². The van der Waals surface area contributed by atoms with Crippen molar-refractivity contribution in [3.8, 4) is 0 Å². The molecule has 4 heterocycles. The summed E-state index contributed by atoms with van der Waals surface area (Å²) in [7, 11) is 3.31. The van der Waals surface area contributed by atoms with E-state index in [0.29, 0.717) is 47.3 Å². The minimum Gasteiger partial charge on any atom is -0.341 e. The maximum atomic E-state index is 13.7. The lowest BCUT2D eigenvalue weighted by atomic mass is 10.1. The highest BCUT2D eigenvalue weighted by Crippen LogP contribution is 2.31. The van der Waals surface area contributed by atoms with E-state index in [2.05, 4.69) is 9.89 Å². The summed E-state index contributed by atoms with van der Waals surface area (Å²) in [6.07, 6.45) is 1.91. The first-order valence-corrected chi connectivity index (χ1v) is 11.9. The molecule has 184 valence electrons. The Labute approximate surface area is 202 Å². The predicted molar refractivity (Wildman–Crippen MR) is 136 cm³/mol. The maximum absolute atomic E-state index is 13.7. The summed E-state index contributed by atoms with van der Waals surface area (Å²) in [5.41, 5.74) is 7.73. The van der Waals surface area contributed by atoms with Gasteiger partial charge in [0, 0.05) is 45.5 Å². The zero-order chi connectivity index (χ0) is 24.9. The van der Waals surface area contributed by atoms with Crippen LogP contribution < -0.4 is 26.8 Å². The summed E-state index contributed by atoms with van der Waals surface area (Å²) in [4.78, 5) is 52.8. The summed E-state index contributed by atoms with van der Waals surface area (Å²) in [5.74, 6) is 0.502. The van der Waals surface area contributed by atoms with Gasteiger partial charge in [0.1, 0.15) is 0 Å². The molecule has 2 aliphatic heterocycles. The average molecular weight is 479 g/mol. The van der Waals surface area contributed by atoms with Crippen molar-refractivity contribution >= 4 is 40.1 Å². The Morgan fingerprint density at radius 2 is 1.89 bits per heavy atom. The molecule has 11 nitrogen and oxygen atoms in total. The van der Waals surface area contributed by atoms with E-state index in [1.165, 1.54) is 4.57 Å². The number of piperidine rings is 1. The Morgan fingerprint density at radius 1 is 1.11 bits per heavy atom. The van der Waals surface area contributed by atoms with Crippen molar-refractivity contribution in [3.05, 3.63) is 45.1 Å². The Bertz CT molecular complexity index is 1460. The first-order chi connectivity index (χ1) is 16.8. The summed E-state index contributed by atoms with van der Waals surface area (Å²) in [6.45, 7) is 3.84. The fraction of sp³-hybridized carbons (Fsp3) is 0.458. The Morgan fingerprint density at radius 3 is 2.63 bits per heavy atom. The third-order valence-electron chi connectivity index (χ3n) is 6.86. The van der Waals surface area contributed by atoms with E-state index in [4.69, 9.17) is 10.7 Å². The molecule has 3 aromatic rings. The fourth-order valence-electron chi connectivity index (χ4n) is 4.99. The van der Waals surface area contributed by atoms with Crippen LogP contribution in [0.4, 0.5) is 17.3 Å². The van der Waals surface area contributed by atoms with E-state index in [1.807, 2.05) is 35.8 Å². The van der Waals surface area contributed by atoms with Crippen molar-refractivity contribution < 1.29 is 4.79 Å². The number of carbonyl (C=O) groups is 1. The van der Waals surface area contributed by atoms with E-state index in [1.54, 1.807) is 19.0 Å². The molecule has 0 bridgehead atoms. The van der Waals surface area contributed by atoms with Crippen molar-refractivity contribution in [2.24, 2.45) is 17.8 Å². The number of aliphatic imine (C=N–C) groups is 1. The molecule has 5 rings (SSSR count). The monoisotopic (exact) mass is 478 g/mol. The van der Waals surface area contributed by atoms with Crippen LogP contribution in [0.25, 0.3) is 11.2 Å². The number of nitrogens with zero attached hydrogens (tertiary/aromatic N) is 7. The number of hydrogen-bond donors (Lipinski definition) is 1. The van der Waals surface area contributed by atoms with Crippen molar-refractivity contribution in [1.29, 1.82) is 0 Å². The SMILES string of the molecule is CCn1c(N2CCCC(N)C2)nc2c1c(=O)n(CC1=Nc3ccccc3N(C)C(=O)C1)c(=O)n2C. The molecule has 1 atom stereocenters. The van der Waals surface area contributed by atoms with Gasteiger partial charge >= 0.3 is 5.69 Å². The summed E-state index contributed by atoms with van der Waals surface area (Å²) in [5, 5.41) is 0. The highest BCUT2D eigenvalue weighted by atomic mass is 16.2. The van der Waals surface area contributed by atoms with Gasteiger partial charge in [-0.15, -0.1) is 0 Å². The Kier molecular flexibility index (Phi) is 5.79. The van der Waals surface area contributed by atoms with Crippen LogP contribution in [0.5, 0.6) is 0 Å². The first kappa shape index (κ1) is 23.0. The highest BCUT2D eigenvalue weighted by molar-refractivity contribution is 6.11. The van der Waals surface area contributed by atoms with Gasteiger partial charge < -0.3 is 20.1 Å².